The Morgan fingerprint density at radius 1 is 0.857 bits per heavy atom. The molecule has 0 fully saturated rings. The normalized spacial score (nSPS) is 9.82. The summed E-state index contributed by atoms with van der Waals surface area (Å²) >= 11 is 0. The minimum atomic E-state index is -0.399. The van der Waals surface area contributed by atoms with E-state index in [-0.39, 0.29) is 12.5 Å². The number of benzene rings is 3. The Morgan fingerprint density at radius 3 is 2.25 bits per heavy atom. The molecule has 0 aliphatic rings. The van der Waals surface area contributed by atoms with Crippen molar-refractivity contribution in [3.63, 3.8) is 0 Å². The third-order valence-electron chi connectivity index (χ3n) is 3.83. The second-order valence-corrected chi connectivity index (χ2v) is 5.84. The smallest absolute Gasteiger partial charge is 0.262 e. The highest BCUT2D eigenvalue weighted by atomic mass is 16.5. The number of nitrogens with one attached hydrogen (secondary N) is 2. The van der Waals surface area contributed by atoms with Gasteiger partial charge in [0, 0.05) is 5.69 Å². The average Bonchev–Trinajstić information content (AvgIpc) is 2.73. The highest BCUT2D eigenvalue weighted by molar-refractivity contribution is 6.10. The lowest BCUT2D eigenvalue weighted by Crippen LogP contribution is -2.22. The predicted octanol–water partition coefficient (Wildman–Crippen LogP) is 3.83. The van der Waals surface area contributed by atoms with Crippen LogP contribution in [0.2, 0.25) is 0 Å². The van der Waals surface area contributed by atoms with E-state index in [2.05, 4.69) is 10.6 Å². The van der Waals surface area contributed by atoms with Gasteiger partial charge in [0.15, 0.2) is 6.61 Å². The predicted molar refractivity (Wildman–Crippen MR) is 106 cm³/mol. The van der Waals surface area contributed by atoms with Crippen molar-refractivity contribution in [2.24, 2.45) is 0 Å². The molecule has 0 radical (unpaired) electrons. The topological polar surface area (TPSA) is 91.2 Å². The molecule has 0 spiro atoms. The van der Waals surface area contributed by atoms with Crippen LogP contribution in [0, 0.1) is 11.3 Å². The number of carbonyl (C=O) groups is 2. The molecule has 6 heteroatoms. The SMILES string of the molecule is N#Cc1ccc(OCC(=O)Nc2ccccc2C(=O)Nc2ccccc2)cc1. The van der Waals surface area contributed by atoms with Crippen LogP contribution in [0.4, 0.5) is 11.4 Å². The summed E-state index contributed by atoms with van der Waals surface area (Å²) in [5.74, 6) is -0.247. The first kappa shape index (κ1) is 18.7. The van der Waals surface area contributed by atoms with Crippen LogP contribution in [0.1, 0.15) is 15.9 Å². The van der Waals surface area contributed by atoms with E-state index in [1.807, 2.05) is 24.3 Å². The van der Waals surface area contributed by atoms with Crippen molar-refractivity contribution in [1.29, 1.82) is 5.26 Å². The van der Waals surface area contributed by atoms with Crippen LogP contribution in [0.3, 0.4) is 0 Å². The van der Waals surface area contributed by atoms with E-state index in [0.29, 0.717) is 28.3 Å². The first-order chi connectivity index (χ1) is 13.7. The molecule has 0 saturated carbocycles. The zero-order valence-electron chi connectivity index (χ0n) is 14.9. The van der Waals surface area contributed by atoms with Gasteiger partial charge in [-0.05, 0) is 48.5 Å². The Morgan fingerprint density at radius 2 is 1.54 bits per heavy atom. The van der Waals surface area contributed by atoms with E-state index in [1.54, 1.807) is 60.7 Å². The van der Waals surface area contributed by atoms with Crippen LogP contribution in [-0.2, 0) is 4.79 Å². The molecule has 0 aliphatic carbocycles. The molecule has 2 amide bonds. The van der Waals surface area contributed by atoms with Gasteiger partial charge < -0.3 is 15.4 Å². The molecule has 2 N–H and O–H groups in total. The van der Waals surface area contributed by atoms with Gasteiger partial charge in [-0.15, -0.1) is 0 Å². The second-order valence-electron chi connectivity index (χ2n) is 5.84. The monoisotopic (exact) mass is 371 g/mol. The van der Waals surface area contributed by atoms with Crippen LogP contribution in [0.25, 0.3) is 0 Å². The summed E-state index contributed by atoms with van der Waals surface area (Å²) < 4.78 is 5.41. The fraction of sp³-hybridized carbons (Fsp3) is 0.0455. The number of ether oxygens (including phenoxy) is 1. The summed E-state index contributed by atoms with van der Waals surface area (Å²) in [5.41, 5.74) is 1.91. The van der Waals surface area contributed by atoms with Crippen LogP contribution in [0.15, 0.2) is 78.9 Å². The van der Waals surface area contributed by atoms with Gasteiger partial charge in [0.2, 0.25) is 0 Å². The van der Waals surface area contributed by atoms with Gasteiger partial charge >= 0.3 is 0 Å². The third-order valence-corrected chi connectivity index (χ3v) is 3.83. The lowest BCUT2D eigenvalue weighted by molar-refractivity contribution is -0.118. The van der Waals surface area contributed by atoms with Crippen molar-refractivity contribution >= 4 is 23.2 Å². The van der Waals surface area contributed by atoms with Gasteiger partial charge in [0.05, 0.1) is 22.9 Å². The lowest BCUT2D eigenvalue weighted by atomic mass is 10.1. The largest absolute Gasteiger partial charge is 0.484 e. The van der Waals surface area contributed by atoms with Crippen molar-refractivity contribution in [3.05, 3.63) is 90.0 Å². The molecule has 3 aromatic carbocycles. The molecule has 0 aromatic heterocycles. The number of nitriles is 1. The van der Waals surface area contributed by atoms with Crippen LogP contribution < -0.4 is 15.4 Å². The maximum absolute atomic E-state index is 12.5. The Labute approximate surface area is 162 Å². The van der Waals surface area contributed by atoms with Gasteiger partial charge in [0.1, 0.15) is 5.75 Å². The molecule has 3 aromatic rings. The highest BCUT2D eigenvalue weighted by Gasteiger charge is 2.13. The number of rotatable bonds is 6. The van der Waals surface area contributed by atoms with Gasteiger partial charge in [-0.2, -0.15) is 5.26 Å². The number of hydrogen-bond donors (Lipinski definition) is 2. The molecule has 0 atom stereocenters. The van der Waals surface area contributed by atoms with Crippen LogP contribution in [-0.4, -0.2) is 18.4 Å². The molecule has 138 valence electrons. The van der Waals surface area contributed by atoms with Crippen molar-refractivity contribution in [1.82, 2.24) is 0 Å². The zero-order chi connectivity index (χ0) is 19.8. The summed E-state index contributed by atoms with van der Waals surface area (Å²) in [5, 5.41) is 14.3. The Bertz CT molecular complexity index is 1010. The number of anilines is 2. The quantitative estimate of drug-likeness (QED) is 0.689. The minimum absolute atomic E-state index is 0.222. The second kappa shape index (κ2) is 9.01. The van der Waals surface area contributed by atoms with Crippen molar-refractivity contribution in [3.8, 4) is 11.8 Å². The van der Waals surface area contributed by atoms with Gasteiger partial charge in [-0.25, -0.2) is 0 Å². The summed E-state index contributed by atoms with van der Waals surface area (Å²) in [7, 11) is 0. The van der Waals surface area contributed by atoms with E-state index in [9.17, 15) is 9.59 Å². The molecule has 0 aliphatic heterocycles. The minimum Gasteiger partial charge on any atom is -0.484 e. The van der Waals surface area contributed by atoms with E-state index >= 15 is 0 Å². The molecule has 3 rings (SSSR count). The van der Waals surface area contributed by atoms with Crippen molar-refractivity contribution < 1.29 is 14.3 Å². The van der Waals surface area contributed by atoms with E-state index < -0.39 is 5.91 Å². The maximum Gasteiger partial charge on any atom is 0.262 e. The number of para-hydroxylation sites is 2. The summed E-state index contributed by atoms with van der Waals surface area (Å²) in [6, 6.07) is 24.3. The summed E-state index contributed by atoms with van der Waals surface area (Å²) in [6.45, 7) is -0.222. The average molecular weight is 371 g/mol. The molecule has 6 nitrogen and oxygen atoms in total. The zero-order valence-corrected chi connectivity index (χ0v) is 14.9. The molecular weight excluding hydrogens is 354 g/mol. The fourth-order valence-electron chi connectivity index (χ4n) is 2.47. The number of carbonyl (C=O) groups excluding carboxylic acids is 2. The first-order valence-electron chi connectivity index (χ1n) is 8.54. The van der Waals surface area contributed by atoms with Gasteiger partial charge in [-0.1, -0.05) is 30.3 Å². The fourth-order valence-corrected chi connectivity index (χ4v) is 2.47. The third kappa shape index (κ3) is 4.96. The summed E-state index contributed by atoms with van der Waals surface area (Å²) in [6.07, 6.45) is 0. The van der Waals surface area contributed by atoms with Gasteiger partial charge in [0.25, 0.3) is 11.8 Å². The molecule has 28 heavy (non-hydrogen) atoms. The molecule has 0 saturated heterocycles. The van der Waals surface area contributed by atoms with E-state index in [0.717, 1.165) is 0 Å². The summed E-state index contributed by atoms with van der Waals surface area (Å²) in [4.78, 5) is 24.8. The molecule has 0 bridgehead atoms. The highest BCUT2D eigenvalue weighted by Crippen LogP contribution is 2.18. The number of nitrogens with zero attached hydrogens (tertiary/aromatic N) is 1. The number of amides is 2. The Hall–Kier alpha value is -4.11. The van der Waals surface area contributed by atoms with Crippen molar-refractivity contribution in [2.45, 2.75) is 0 Å². The van der Waals surface area contributed by atoms with Gasteiger partial charge in [-0.3, -0.25) is 9.59 Å². The van der Waals surface area contributed by atoms with E-state index in [1.165, 1.54) is 0 Å². The van der Waals surface area contributed by atoms with Crippen LogP contribution in [0.5, 0.6) is 5.75 Å². The molecule has 0 unspecified atom stereocenters. The Balaban J connectivity index is 1.62. The molecule has 0 heterocycles. The molecular formula is C22H17N3O3. The lowest BCUT2D eigenvalue weighted by Gasteiger charge is -2.12. The van der Waals surface area contributed by atoms with Crippen LogP contribution >= 0.6 is 0 Å². The standard InChI is InChI=1S/C22H17N3O3/c23-14-16-10-12-18(13-11-16)28-15-21(26)25-20-9-5-4-8-19(20)22(27)24-17-6-2-1-3-7-17/h1-13H,15H2,(H,24,27)(H,25,26). The first-order valence-corrected chi connectivity index (χ1v) is 8.54. The number of hydrogen-bond acceptors (Lipinski definition) is 4. The Kier molecular flexibility index (Phi) is 6.01. The van der Waals surface area contributed by atoms with E-state index in [4.69, 9.17) is 10.00 Å². The van der Waals surface area contributed by atoms with Crippen molar-refractivity contribution in [2.75, 3.05) is 17.2 Å². The maximum atomic E-state index is 12.5.